The molecule has 2 heterocycles. The van der Waals surface area contributed by atoms with E-state index in [4.69, 9.17) is 14.2 Å². The Balaban J connectivity index is 1.68. The van der Waals surface area contributed by atoms with Gasteiger partial charge in [-0.15, -0.1) is 23.1 Å². The smallest absolute Gasteiger partial charge is 0.348 e. The van der Waals surface area contributed by atoms with Crippen molar-refractivity contribution in [3.05, 3.63) is 45.1 Å². The van der Waals surface area contributed by atoms with Gasteiger partial charge in [0.15, 0.2) is 4.80 Å². The third kappa shape index (κ3) is 8.01. The van der Waals surface area contributed by atoms with Crippen LogP contribution in [0.3, 0.4) is 0 Å². The number of rotatable bonds is 13. The van der Waals surface area contributed by atoms with Gasteiger partial charge in [-0.25, -0.2) is 9.59 Å². The van der Waals surface area contributed by atoms with Gasteiger partial charge in [0.25, 0.3) is 5.91 Å². The molecule has 0 saturated heterocycles. The van der Waals surface area contributed by atoms with Crippen molar-refractivity contribution in [2.24, 2.45) is 4.99 Å². The summed E-state index contributed by atoms with van der Waals surface area (Å²) in [6.07, 6.45) is 0. The summed E-state index contributed by atoms with van der Waals surface area (Å²) in [5.74, 6) is -2.06. The molecule has 0 aliphatic rings. The van der Waals surface area contributed by atoms with Crippen LogP contribution in [0.4, 0.5) is 5.00 Å². The molecule has 39 heavy (non-hydrogen) atoms. The van der Waals surface area contributed by atoms with Gasteiger partial charge in [0.2, 0.25) is 5.91 Å². The van der Waals surface area contributed by atoms with E-state index in [9.17, 15) is 19.2 Å². The van der Waals surface area contributed by atoms with Crippen LogP contribution in [0.1, 0.15) is 46.4 Å². The number of hydrogen-bond donors (Lipinski definition) is 1. The monoisotopic (exact) mass is 593 g/mol. The molecule has 2 aromatic heterocycles. The number of amides is 2. The van der Waals surface area contributed by atoms with Gasteiger partial charge in [-0.2, -0.15) is 4.99 Å². The van der Waals surface area contributed by atoms with Crippen LogP contribution in [-0.2, 0) is 30.3 Å². The van der Waals surface area contributed by atoms with Crippen molar-refractivity contribution in [1.29, 1.82) is 0 Å². The number of benzene rings is 1. The molecule has 1 N–H and O–H groups in total. The number of nitrogens with one attached hydrogen (secondary N) is 1. The topological polar surface area (TPSA) is 125 Å². The van der Waals surface area contributed by atoms with E-state index in [2.05, 4.69) is 10.3 Å². The minimum atomic E-state index is -0.639. The number of thioether (sulfide) groups is 1. The zero-order chi connectivity index (χ0) is 28.4. The second-order valence-electron chi connectivity index (χ2n) is 7.95. The molecule has 13 heteroatoms. The fourth-order valence-electron chi connectivity index (χ4n) is 3.60. The molecule has 3 aromatic rings. The highest BCUT2D eigenvalue weighted by atomic mass is 32.2. The Morgan fingerprint density at radius 2 is 1.69 bits per heavy atom. The van der Waals surface area contributed by atoms with Gasteiger partial charge in [-0.3, -0.25) is 9.59 Å². The van der Waals surface area contributed by atoms with E-state index in [0.717, 1.165) is 33.3 Å². The molecule has 0 bridgehead atoms. The average molecular weight is 594 g/mol. The van der Waals surface area contributed by atoms with E-state index in [-0.39, 0.29) is 46.1 Å². The second-order valence-corrected chi connectivity index (χ2v) is 11.0. The molecule has 0 radical (unpaired) electrons. The molecule has 0 saturated carbocycles. The maximum absolute atomic E-state index is 12.7. The van der Waals surface area contributed by atoms with E-state index in [1.165, 1.54) is 11.3 Å². The molecule has 1 aromatic carbocycles. The lowest BCUT2D eigenvalue weighted by molar-refractivity contribution is -0.115. The first kappa shape index (κ1) is 30.5. The van der Waals surface area contributed by atoms with Gasteiger partial charge in [-0.1, -0.05) is 23.5 Å². The minimum absolute atomic E-state index is 0.00456. The average Bonchev–Trinajstić information content (AvgIpc) is 3.41. The number of carbonyl (C=O) groups is 4. The summed E-state index contributed by atoms with van der Waals surface area (Å²) >= 11 is 3.48. The third-order valence-corrected chi connectivity index (χ3v) is 8.43. The summed E-state index contributed by atoms with van der Waals surface area (Å²) in [5.41, 5.74) is 1.48. The maximum Gasteiger partial charge on any atom is 0.348 e. The third-order valence-electron chi connectivity index (χ3n) is 5.27. The zero-order valence-electron chi connectivity index (χ0n) is 22.2. The predicted molar refractivity (Wildman–Crippen MR) is 154 cm³/mol. The van der Waals surface area contributed by atoms with E-state index in [0.29, 0.717) is 30.1 Å². The molecule has 0 unspecified atom stereocenters. The fraction of sp³-hybridized carbons (Fsp3) is 0.423. The highest BCUT2D eigenvalue weighted by Crippen LogP contribution is 2.34. The van der Waals surface area contributed by atoms with Gasteiger partial charge < -0.3 is 24.1 Å². The Hall–Kier alpha value is -3.00. The summed E-state index contributed by atoms with van der Waals surface area (Å²) in [4.78, 5) is 55.2. The number of thiazole rings is 1. The number of para-hydroxylation sites is 1. The van der Waals surface area contributed by atoms with Crippen LogP contribution in [0.25, 0.3) is 10.2 Å². The minimum Gasteiger partial charge on any atom is -0.462 e. The molecular formula is C26H31N3O7S3. The Labute approximate surface area is 238 Å². The number of aromatic nitrogens is 1. The SMILES string of the molecule is CCOCCn1c(=NC(=O)CSCC(=O)Nc2sc(C(=O)OCC)c(C)c2C(=O)OCC)sc2ccccc21. The number of carbonyl (C=O) groups excluding carboxylic acids is 4. The standard InChI is InChI=1S/C26H31N3O7S3/c1-5-34-13-12-29-17-10-8-9-11-18(17)38-26(29)28-20(31)15-37-14-19(30)27-23-21(24(32)35-6-2)16(4)22(39-23)25(33)36-7-3/h8-11H,5-7,12-15H2,1-4H3,(H,27,30). The number of nitrogens with zero attached hydrogens (tertiary/aromatic N) is 2. The zero-order valence-corrected chi connectivity index (χ0v) is 24.7. The van der Waals surface area contributed by atoms with Crippen molar-refractivity contribution in [2.75, 3.05) is 43.3 Å². The predicted octanol–water partition coefficient (Wildman–Crippen LogP) is 4.26. The van der Waals surface area contributed by atoms with Crippen molar-refractivity contribution in [3.63, 3.8) is 0 Å². The van der Waals surface area contributed by atoms with Gasteiger partial charge >= 0.3 is 11.9 Å². The Bertz CT molecular complexity index is 1410. The van der Waals surface area contributed by atoms with Crippen molar-refractivity contribution < 1.29 is 33.4 Å². The normalized spacial score (nSPS) is 11.5. The number of esters is 2. The number of hydrogen-bond acceptors (Lipinski definition) is 10. The summed E-state index contributed by atoms with van der Waals surface area (Å²) in [7, 11) is 0. The first-order valence-corrected chi connectivity index (χ1v) is 15.2. The van der Waals surface area contributed by atoms with Gasteiger partial charge in [0.1, 0.15) is 9.88 Å². The largest absolute Gasteiger partial charge is 0.462 e. The molecule has 3 rings (SSSR count). The first-order chi connectivity index (χ1) is 18.8. The molecule has 10 nitrogen and oxygen atoms in total. The molecular weight excluding hydrogens is 563 g/mol. The van der Waals surface area contributed by atoms with Crippen molar-refractivity contribution in [2.45, 2.75) is 34.2 Å². The lowest BCUT2D eigenvalue weighted by atomic mass is 10.1. The van der Waals surface area contributed by atoms with Crippen LogP contribution in [0.5, 0.6) is 0 Å². The van der Waals surface area contributed by atoms with Gasteiger partial charge in [0.05, 0.1) is 47.1 Å². The summed E-state index contributed by atoms with van der Waals surface area (Å²) < 4.78 is 18.6. The molecule has 0 aliphatic carbocycles. The first-order valence-electron chi connectivity index (χ1n) is 12.4. The lowest BCUT2D eigenvalue weighted by Crippen LogP contribution is -2.20. The van der Waals surface area contributed by atoms with Crippen LogP contribution in [0, 0.1) is 6.92 Å². The Morgan fingerprint density at radius 3 is 2.41 bits per heavy atom. The van der Waals surface area contributed by atoms with E-state index >= 15 is 0 Å². The molecule has 2 amide bonds. The van der Waals surface area contributed by atoms with E-state index < -0.39 is 17.8 Å². The Morgan fingerprint density at radius 1 is 0.974 bits per heavy atom. The number of ether oxygens (including phenoxy) is 3. The van der Waals surface area contributed by atoms with Crippen LogP contribution in [-0.4, -0.2) is 66.3 Å². The molecule has 0 atom stereocenters. The van der Waals surface area contributed by atoms with E-state index in [1.54, 1.807) is 20.8 Å². The summed E-state index contributed by atoms with van der Waals surface area (Å²) in [5, 5.41) is 2.88. The maximum atomic E-state index is 12.7. The van der Waals surface area contributed by atoms with Crippen molar-refractivity contribution in [1.82, 2.24) is 4.57 Å². The lowest BCUT2D eigenvalue weighted by Gasteiger charge is -2.07. The highest BCUT2D eigenvalue weighted by molar-refractivity contribution is 8.00. The van der Waals surface area contributed by atoms with Crippen LogP contribution in [0.2, 0.25) is 0 Å². The molecule has 0 fully saturated rings. The summed E-state index contributed by atoms with van der Waals surface area (Å²) in [6.45, 7) is 8.87. The van der Waals surface area contributed by atoms with Crippen molar-refractivity contribution >= 4 is 73.4 Å². The molecule has 0 spiro atoms. The molecule has 0 aliphatic heterocycles. The summed E-state index contributed by atoms with van der Waals surface area (Å²) in [6, 6.07) is 7.82. The fourth-order valence-corrected chi connectivity index (χ4v) is 6.37. The van der Waals surface area contributed by atoms with E-state index in [1.807, 2.05) is 35.8 Å². The number of anilines is 1. The van der Waals surface area contributed by atoms with Crippen LogP contribution < -0.4 is 10.1 Å². The second kappa shape index (κ2) is 15.0. The Kier molecular flexibility index (Phi) is 11.7. The quantitative estimate of drug-likeness (QED) is 0.230. The van der Waals surface area contributed by atoms with Crippen LogP contribution >= 0.6 is 34.4 Å². The number of thiophene rings is 1. The van der Waals surface area contributed by atoms with Gasteiger partial charge in [0, 0.05) is 13.2 Å². The van der Waals surface area contributed by atoms with Gasteiger partial charge in [-0.05, 0) is 45.4 Å². The van der Waals surface area contributed by atoms with Crippen molar-refractivity contribution in [3.8, 4) is 0 Å². The molecule has 210 valence electrons. The number of fused-ring (bicyclic) bond motifs is 1. The highest BCUT2D eigenvalue weighted by Gasteiger charge is 2.27. The van der Waals surface area contributed by atoms with Crippen LogP contribution in [0.15, 0.2) is 29.3 Å².